The molecule has 0 unspecified atom stereocenters. The second kappa shape index (κ2) is 5.79. The molecule has 0 bridgehead atoms. The maximum absolute atomic E-state index is 13.0. The lowest BCUT2D eigenvalue weighted by Gasteiger charge is -2.00. The van der Waals surface area contributed by atoms with Crippen molar-refractivity contribution in [2.75, 3.05) is 5.32 Å². The highest BCUT2D eigenvalue weighted by atomic mass is 19.1. The number of aromatic hydroxyl groups is 1. The second-order valence-corrected chi connectivity index (χ2v) is 4.40. The van der Waals surface area contributed by atoms with Crippen LogP contribution in [0.3, 0.4) is 0 Å². The molecule has 7 nitrogen and oxygen atoms in total. The lowest BCUT2D eigenvalue weighted by Crippen LogP contribution is -2.05. The summed E-state index contributed by atoms with van der Waals surface area (Å²) in [6.07, 6.45) is 1.45. The average Bonchev–Trinajstić information content (AvgIpc) is 2.81. The molecule has 23 heavy (non-hydrogen) atoms. The number of carbonyl (C=O) groups excluding carboxylic acids is 1. The first-order chi connectivity index (χ1) is 11.0. The number of nitrogens with one attached hydrogen (secondary N) is 1. The summed E-state index contributed by atoms with van der Waals surface area (Å²) >= 11 is 0. The van der Waals surface area contributed by atoms with Crippen molar-refractivity contribution in [1.29, 1.82) is 0 Å². The normalized spacial score (nSPS) is 11.2. The average molecular weight is 318 g/mol. The van der Waals surface area contributed by atoms with E-state index < -0.39 is 23.6 Å². The van der Waals surface area contributed by atoms with Crippen LogP contribution in [0, 0.1) is 11.6 Å². The molecule has 1 aromatic carbocycles. The summed E-state index contributed by atoms with van der Waals surface area (Å²) in [5.41, 5.74) is 0.107. The molecule has 0 spiro atoms. The smallest absolute Gasteiger partial charge is 0.364 e. The van der Waals surface area contributed by atoms with Crippen LogP contribution in [-0.2, 0) is 0 Å². The number of aromatic nitrogens is 1. The SMILES string of the molecule is O=C(/N=N/c1oc(O)c2cccnc12)Nc1cc(F)cc(F)c1. The predicted octanol–water partition coefficient (Wildman–Crippen LogP) is 4.13. The second-order valence-electron chi connectivity index (χ2n) is 4.40. The van der Waals surface area contributed by atoms with Crippen molar-refractivity contribution in [3.63, 3.8) is 0 Å². The molecular weight excluding hydrogens is 310 g/mol. The molecule has 0 saturated carbocycles. The Morgan fingerprint density at radius 1 is 1.26 bits per heavy atom. The summed E-state index contributed by atoms with van der Waals surface area (Å²) in [4.78, 5) is 15.6. The van der Waals surface area contributed by atoms with Crippen molar-refractivity contribution in [1.82, 2.24) is 4.98 Å². The Balaban J connectivity index is 1.80. The number of anilines is 1. The van der Waals surface area contributed by atoms with E-state index in [0.29, 0.717) is 11.5 Å². The summed E-state index contributed by atoms with van der Waals surface area (Å²) in [7, 11) is 0. The van der Waals surface area contributed by atoms with Gasteiger partial charge < -0.3 is 14.8 Å². The summed E-state index contributed by atoms with van der Waals surface area (Å²) in [6.45, 7) is 0. The number of hydrogen-bond acceptors (Lipinski definition) is 5. The van der Waals surface area contributed by atoms with Crippen LogP contribution in [0.4, 0.5) is 25.1 Å². The van der Waals surface area contributed by atoms with Gasteiger partial charge in [0.15, 0.2) is 0 Å². The van der Waals surface area contributed by atoms with Gasteiger partial charge in [0.25, 0.3) is 11.8 Å². The van der Waals surface area contributed by atoms with Crippen molar-refractivity contribution < 1.29 is 23.1 Å². The number of rotatable bonds is 2. The van der Waals surface area contributed by atoms with Gasteiger partial charge in [0.05, 0.1) is 5.39 Å². The van der Waals surface area contributed by atoms with Gasteiger partial charge >= 0.3 is 6.03 Å². The third-order valence-corrected chi connectivity index (χ3v) is 2.78. The van der Waals surface area contributed by atoms with Crippen molar-refractivity contribution in [2.24, 2.45) is 10.2 Å². The first-order valence-electron chi connectivity index (χ1n) is 6.28. The molecule has 0 saturated heterocycles. The summed E-state index contributed by atoms with van der Waals surface area (Å²) in [5.74, 6) is -2.26. The number of hydrogen-bond donors (Lipinski definition) is 2. The van der Waals surface area contributed by atoms with Gasteiger partial charge in [-0.15, -0.1) is 5.11 Å². The van der Waals surface area contributed by atoms with E-state index in [4.69, 9.17) is 4.42 Å². The van der Waals surface area contributed by atoms with Crippen molar-refractivity contribution in [3.8, 4) is 5.95 Å². The van der Waals surface area contributed by atoms with Crippen LogP contribution in [0.1, 0.15) is 0 Å². The van der Waals surface area contributed by atoms with E-state index in [2.05, 4.69) is 20.5 Å². The van der Waals surface area contributed by atoms with Crippen molar-refractivity contribution >= 4 is 28.5 Å². The number of furan rings is 1. The Hall–Kier alpha value is -3.36. The quantitative estimate of drug-likeness (QED) is 0.694. The molecule has 2 amide bonds. The number of benzene rings is 1. The van der Waals surface area contributed by atoms with Gasteiger partial charge in [-0.1, -0.05) is 5.11 Å². The molecule has 0 radical (unpaired) electrons. The predicted molar refractivity (Wildman–Crippen MR) is 75.6 cm³/mol. The Morgan fingerprint density at radius 2 is 2.00 bits per heavy atom. The van der Waals surface area contributed by atoms with Crippen LogP contribution in [0.25, 0.3) is 10.9 Å². The summed E-state index contributed by atoms with van der Waals surface area (Å²) < 4.78 is 31.0. The molecule has 116 valence electrons. The molecule has 3 rings (SSSR count). The van der Waals surface area contributed by atoms with Crippen LogP contribution in [0.2, 0.25) is 0 Å². The van der Waals surface area contributed by atoms with E-state index in [9.17, 15) is 18.7 Å². The van der Waals surface area contributed by atoms with E-state index in [-0.39, 0.29) is 17.1 Å². The first-order valence-corrected chi connectivity index (χ1v) is 6.28. The molecule has 2 N–H and O–H groups in total. The highest BCUT2D eigenvalue weighted by Gasteiger charge is 2.13. The fraction of sp³-hybridized carbons (Fsp3) is 0. The first kappa shape index (κ1) is 14.6. The molecule has 0 aliphatic rings. The Labute approximate surface area is 127 Å². The van der Waals surface area contributed by atoms with Gasteiger partial charge in [0.1, 0.15) is 17.2 Å². The van der Waals surface area contributed by atoms with Gasteiger partial charge in [-0.25, -0.2) is 13.6 Å². The largest absolute Gasteiger partial charge is 0.480 e. The molecule has 2 aromatic heterocycles. The molecule has 0 atom stereocenters. The Bertz CT molecular complexity index is 903. The van der Waals surface area contributed by atoms with Gasteiger partial charge in [-0.2, -0.15) is 0 Å². The number of pyridine rings is 1. The topological polar surface area (TPSA) is 100 Å². The molecule has 9 heteroatoms. The zero-order chi connectivity index (χ0) is 16.4. The number of urea groups is 1. The minimum absolute atomic E-state index is 0.114. The van der Waals surface area contributed by atoms with Crippen LogP contribution < -0.4 is 5.32 Å². The molecule has 2 heterocycles. The minimum atomic E-state index is -0.977. The van der Waals surface area contributed by atoms with Crippen molar-refractivity contribution in [2.45, 2.75) is 0 Å². The van der Waals surface area contributed by atoms with E-state index in [1.807, 2.05) is 0 Å². The van der Waals surface area contributed by atoms with Crippen LogP contribution in [0.15, 0.2) is 51.2 Å². The molecule has 0 aliphatic carbocycles. The van der Waals surface area contributed by atoms with E-state index in [1.165, 1.54) is 6.20 Å². The van der Waals surface area contributed by atoms with Gasteiger partial charge in [0, 0.05) is 18.0 Å². The maximum atomic E-state index is 13.0. The van der Waals surface area contributed by atoms with Crippen LogP contribution >= 0.6 is 0 Å². The zero-order valence-electron chi connectivity index (χ0n) is 11.3. The van der Waals surface area contributed by atoms with Crippen molar-refractivity contribution in [3.05, 3.63) is 48.2 Å². The number of azo groups is 1. The van der Waals surface area contributed by atoms with E-state index >= 15 is 0 Å². The van der Waals surface area contributed by atoms with Gasteiger partial charge in [-0.05, 0) is 24.3 Å². The standard InChI is InChI=1S/C14H8F2N4O3/c15-7-4-8(16)6-9(5-7)18-14(22)20-19-12-11-10(13(21)23-12)2-1-3-17-11/h1-6,21H,(H,18,22)/b20-19+. The van der Waals surface area contributed by atoms with Crippen LogP contribution in [0.5, 0.6) is 5.95 Å². The summed E-state index contributed by atoms with van der Waals surface area (Å²) in [5, 5.41) is 18.9. The van der Waals surface area contributed by atoms with Crippen LogP contribution in [-0.4, -0.2) is 16.1 Å². The Morgan fingerprint density at radius 3 is 2.74 bits per heavy atom. The van der Waals surface area contributed by atoms with Gasteiger partial charge in [-0.3, -0.25) is 4.98 Å². The fourth-order valence-corrected chi connectivity index (χ4v) is 1.88. The minimum Gasteiger partial charge on any atom is -0.480 e. The molecule has 0 fully saturated rings. The van der Waals surface area contributed by atoms with E-state index in [1.54, 1.807) is 12.1 Å². The summed E-state index contributed by atoms with van der Waals surface area (Å²) in [6, 6.07) is 4.67. The molecular formula is C14H8F2N4O3. The lowest BCUT2D eigenvalue weighted by atomic mass is 10.3. The number of fused-ring (bicyclic) bond motifs is 1. The van der Waals surface area contributed by atoms with E-state index in [0.717, 1.165) is 12.1 Å². The maximum Gasteiger partial charge on any atom is 0.364 e. The zero-order valence-corrected chi connectivity index (χ0v) is 11.3. The van der Waals surface area contributed by atoms with Gasteiger partial charge in [0.2, 0.25) is 0 Å². The number of amides is 2. The third-order valence-electron chi connectivity index (χ3n) is 2.78. The fourth-order valence-electron chi connectivity index (χ4n) is 1.88. The lowest BCUT2D eigenvalue weighted by molar-refractivity contribution is 0.258. The highest BCUT2D eigenvalue weighted by molar-refractivity contribution is 5.92. The Kier molecular flexibility index (Phi) is 3.67. The third kappa shape index (κ3) is 3.12. The molecule has 3 aromatic rings. The number of nitrogens with zero attached hydrogens (tertiary/aromatic N) is 3. The monoisotopic (exact) mass is 318 g/mol. The highest BCUT2D eigenvalue weighted by Crippen LogP contribution is 2.35. The molecule has 0 aliphatic heterocycles. The number of carbonyl (C=O) groups is 1. The number of halogens is 2.